The number of aromatic nitrogens is 2. The first-order valence-corrected chi connectivity index (χ1v) is 6.84. The molecule has 2 aromatic rings. The number of benzene rings is 1. The fraction of sp³-hybridized carbons (Fsp3) is 0.188. The third-order valence-electron chi connectivity index (χ3n) is 3.25. The summed E-state index contributed by atoms with van der Waals surface area (Å²) in [5.41, 5.74) is 0.757. The van der Waals surface area contributed by atoms with Crippen LogP contribution in [0.4, 0.5) is 0 Å². The van der Waals surface area contributed by atoms with Gasteiger partial charge in [0, 0.05) is 5.57 Å². The van der Waals surface area contributed by atoms with E-state index in [-0.39, 0.29) is 6.61 Å². The maximum absolute atomic E-state index is 10.9. The Hall–Kier alpha value is -2.89. The van der Waals surface area contributed by atoms with Crippen molar-refractivity contribution in [2.24, 2.45) is 5.92 Å². The van der Waals surface area contributed by atoms with Crippen LogP contribution in [0.25, 0.3) is 5.57 Å². The summed E-state index contributed by atoms with van der Waals surface area (Å²) in [5, 5.41) is 12.8. The van der Waals surface area contributed by atoms with Crippen LogP contribution in [0.3, 0.4) is 0 Å². The second-order valence-electron chi connectivity index (χ2n) is 4.81. The lowest BCUT2D eigenvalue weighted by molar-refractivity contribution is -0.139. The van der Waals surface area contributed by atoms with Crippen LogP contribution in [0, 0.1) is 5.92 Å². The van der Waals surface area contributed by atoms with Crippen LogP contribution < -0.4 is 4.74 Å². The molecule has 0 fully saturated rings. The summed E-state index contributed by atoms with van der Waals surface area (Å²) in [6, 6.07) is 9.35. The standard InChI is InChI=1S/C16H14N2O4/c19-16(20)12-8-6-11(7-9-12)15-17-14(22-18-15)10-21-13-4-2-1-3-5-13/h1-8,12H,9-10H2,(H,19,20). The van der Waals surface area contributed by atoms with Crippen molar-refractivity contribution in [1.29, 1.82) is 0 Å². The number of carbonyl (C=O) groups is 1. The largest absolute Gasteiger partial charge is 0.484 e. The van der Waals surface area contributed by atoms with Gasteiger partial charge in [0.2, 0.25) is 5.82 Å². The quantitative estimate of drug-likeness (QED) is 0.913. The number of rotatable bonds is 5. The Kier molecular flexibility index (Phi) is 4.00. The van der Waals surface area contributed by atoms with Gasteiger partial charge in [-0.3, -0.25) is 4.79 Å². The molecule has 0 saturated carbocycles. The summed E-state index contributed by atoms with van der Waals surface area (Å²) in [4.78, 5) is 15.1. The van der Waals surface area contributed by atoms with E-state index in [1.54, 1.807) is 18.2 Å². The van der Waals surface area contributed by atoms with E-state index in [9.17, 15) is 4.79 Å². The summed E-state index contributed by atoms with van der Waals surface area (Å²) >= 11 is 0. The molecule has 1 aromatic carbocycles. The van der Waals surface area contributed by atoms with E-state index < -0.39 is 11.9 Å². The number of para-hydroxylation sites is 1. The second-order valence-corrected chi connectivity index (χ2v) is 4.81. The maximum Gasteiger partial charge on any atom is 0.310 e. The zero-order valence-electron chi connectivity index (χ0n) is 11.7. The number of hydrogen-bond donors (Lipinski definition) is 1. The van der Waals surface area contributed by atoms with Crippen molar-refractivity contribution in [2.45, 2.75) is 13.0 Å². The highest BCUT2D eigenvalue weighted by Crippen LogP contribution is 2.22. The number of aliphatic carboxylic acids is 1. The molecule has 6 nitrogen and oxygen atoms in total. The Labute approximate surface area is 126 Å². The molecule has 1 aromatic heterocycles. The molecule has 0 amide bonds. The second kappa shape index (κ2) is 6.26. The number of ether oxygens (including phenoxy) is 1. The molecule has 0 radical (unpaired) electrons. The van der Waals surface area contributed by atoms with Crippen molar-refractivity contribution in [3.05, 3.63) is 60.3 Å². The first kappa shape index (κ1) is 14.1. The predicted octanol–water partition coefficient (Wildman–Crippen LogP) is 2.69. The topological polar surface area (TPSA) is 85.5 Å². The average Bonchev–Trinajstić information content (AvgIpc) is 3.03. The molecule has 1 N–H and O–H groups in total. The number of nitrogens with zero attached hydrogens (tertiary/aromatic N) is 2. The monoisotopic (exact) mass is 298 g/mol. The van der Waals surface area contributed by atoms with Crippen molar-refractivity contribution in [1.82, 2.24) is 10.1 Å². The minimum atomic E-state index is -0.836. The number of allylic oxidation sites excluding steroid dienone is 3. The van der Waals surface area contributed by atoms with Gasteiger partial charge in [-0.25, -0.2) is 0 Å². The van der Waals surface area contributed by atoms with E-state index in [4.69, 9.17) is 14.4 Å². The molecule has 1 aliphatic rings. The lowest BCUT2D eigenvalue weighted by Crippen LogP contribution is -2.12. The van der Waals surface area contributed by atoms with E-state index in [0.717, 1.165) is 11.3 Å². The van der Waals surface area contributed by atoms with Gasteiger partial charge in [0.05, 0.1) is 5.92 Å². The van der Waals surface area contributed by atoms with Gasteiger partial charge < -0.3 is 14.4 Å². The molecule has 1 aliphatic carbocycles. The minimum Gasteiger partial charge on any atom is -0.484 e. The van der Waals surface area contributed by atoms with Crippen molar-refractivity contribution < 1.29 is 19.2 Å². The Morgan fingerprint density at radius 3 is 2.86 bits per heavy atom. The Balaban J connectivity index is 1.62. The van der Waals surface area contributed by atoms with Gasteiger partial charge >= 0.3 is 5.97 Å². The molecular formula is C16H14N2O4. The van der Waals surface area contributed by atoms with Crippen LogP contribution in [0.1, 0.15) is 18.1 Å². The number of hydrogen-bond acceptors (Lipinski definition) is 5. The summed E-state index contributed by atoms with van der Waals surface area (Å²) in [5.74, 6) is 0.205. The third kappa shape index (κ3) is 3.22. The van der Waals surface area contributed by atoms with Crippen molar-refractivity contribution in [3.63, 3.8) is 0 Å². The van der Waals surface area contributed by atoms with Gasteiger partial charge in [-0.15, -0.1) is 0 Å². The van der Waals surface area contributed by atoms with Crippen LogP contribution in [0.5, 0.6) is 5.75 Å². The Bertz CT molecular complexity index is 719. The molecule has 0 saturated heterocycles. The number of carboxylic acid groups (broad SMARTS) is 1. The van der Waals surface area contributed by atoms with E-state index in [1.165, 1.54) is 0 Å². The van der Waals surface area contributed by atoms with E-state index in [0.29, 0.717) is 18.1 Å². The van der Waals surface area contributed by atoms with Gasteiger partial charge in [0.25, 0.3) is 5.89 Å². The van der Waals surface area contributed by atoms with Crippen LogP contribution >= 0.6 is 0 Å². The third-order valence-corrected chi connectivity index (χ3v) is 3.25. The maximum atomic E-state index is 10.9. The van der Waals surface area contributed by atoms with E-state index in [2.05, 4.69) is 10.1 Å². The van der Waals surface area contributed by atoms with Gasteiger partial charge in [0.1, 0.15) is 5.75 Å². The molecule has 22 heavy (non-hydrogen) atoms. The van der Waals surface area contributed by atoms with Crippen molar-refractivity contribution >= 4 is 11.5 Å². The minimum absolute atomic E-state index is 0.186. The predicted molar refractivity (Wildman–Crippen MR) is 77.9 cm³/mol. The van der Waals surface area contributed by atoms with E-state index >= 15 is 0 Å². The van der Waals surface area contributed by atoms with Crippen LogP contribution in [0.15, 0.2) is 53.1 Å². The number of carboxylic acids is 1. The molecule has 6 heteroatoms. The first-order chi connectivity index (χ1) is 10.7. The Morgan fingerprint density at radius 1 is 1.36 bits per heavy atom. The van der Waals surface area contributed by atoms with Crippen molar-refractivity contribution in [3.8, 4) is 5.75 Å². The van der Waals surface area contributed by atoms with Crippen LogP contribution in [0.2, 0.25) is 0 Å². The van der Waals surface area contributed by atoms with Gasteiger partial charge in [-0.1, -0.05) is 41.6 Å². The molecule has 1 unspecified atom stereocenters. The lowest BCUT2D eigenvalue weighted by Gasteiger charge is -2.09. The molecule has 0 aliphatic heterocycles. The smallest absolute Gasteiger partial charge is 0.310 e. The normalized spacial score (nSPS) is 17.1. The molecule has 1 atom stereocenters. The fourth-order valence-corrected chi connectivity index (χ4v) is 2.06. The van der Waals surface area contributed by atoms with Gasteiger partial charge in [-0.2, -0.15) is 4.98 Å². The SMILES string of the molecule is O=C(O)C1C=CC(c2noc(COc3ccccc3)n2)=CC1. The molecule has 1 heterocycles. The molecule has 3 rings (SSSR count). The van der Waals surface area contributed by atoms with Crippen LogP contribution in [-0.2, 0) is 11.4 Å². The molecular weight excluding hydrogens is 284 g/mol. The Morgan fingerprint density at radius 2 is 2.18 bits per heavy atom. The highest BCUT2D eigenvalue weighted by Gasteiger charge is 2.18. The highest BCUT2D eigenvalue weighted by atomic mass is 16.5. The van der Waals surface area contributed by atoms with Crippen molar-refractivity contribution in [2.75, 3.05) is 0 Å². The zero-order chi connectivity index (χ0) is 15.4. The first-order valence-electron chi connectivity index (χ1n) is 6.84. The summed E-state index contributed by atoms with van der Waals surface area (Å²) in [6.45, 7) is 0.186. The lowest BCUT2D eigenvalue weighted by atomic mass is 9.97. The summed E-state index contributed by atoms with van der Waals surface area (Å²) in [6.07, 6.45) is 5.56. The zero-order valence-corrected chi connectivity index (χ0v) is 11.7. The van der Waals surface area contributed by atoms with Crippen LogP contribution in [-0.4, -0.2) is 21.2 Å². The molecule has 112 valence electrons. The molecule has 0 bridgehead atoms. The molecule has 0 spiro atoms. The van der Waals surface area contributed by atoms with Gasteiger partial charge in [0.15, 0.2) is 6.61 Å². The highest BCUT2D eigenvalue weighted by molar-refractivity contribution is 5.78. The van der Waals surface area contributed by atoms with E-state index in [1.807, 2.05) is 30.3 Å². The van der Waals surface area contributed by atoms with Gasteiger partial charge in [-0.05, 0) is 18.6 Å². The summed E-state index contributed by atoms with van der Waals surface area (Å²) < 4.78 is 10.7. The fourth-order valence-electron chi connectivity index (χ4n) is 2.06. The summed E-state index contributed by atoms with van der Waals surface area (Å²) in [7, 11) is 0. The average molecular weight is 298 g/mol.